The molecule has 2 aromatic carbocycles. The van der Waals surface area contributed by atoms with Crippen LogP contribution in [0, 0.1) is 5.41 Å². The van der Waals surface area contributed by atoms with Crippen molar-refractivity contribution in [2.45, 2.75) is 50.0 Å². The molecule has 7 nitrogen and oxygen atoms in total. The van der Waals surface area contributed by atoms with Gasteiger partial charge in [0.05, 0.1) is 12.8 Å². The first-order valence-corrected chi connectivity index (χ1v) is 11.9. The van der Waals surface area contributed by atoms with Crippen LogP contribution in [0.15, 0.2) is 57.8 Å². The number of nitrogens with zero attached hydrogens (tertiary/aromatic N) is 1. The fourth-order valence-electron chi connectivity index (χ4n) is 4.59. The molecule has 31 heavy (non-hydrogen) atoms. The van der Waals surface area contributed by atoms with E-state index in [9.17, 15) is 13.2 Å². The Hall–Kier alpha value is -2.87. The summed E-state index contributed by atoms with van der Waals surface area (Å²) in [5, 5.41) is 6.17. The Labute approximate surface area is 183 Å². The summed E-state index contributed by atoms with van der Waals surface area (Å²) in [5.41, 5.74) is 1.17. The Balaban J connectivity index is 1.46. The van der Waals surface area contributed by atoms with Crippen molar-refractivity contribution in [1.29, 1.82) is 0 Å². The Bertz CT molecular complexity index is 1110. The molecular weight excluding hydrogens is 414 g/mol. The molecule has 0 radical (unpaired) electrons. The monoisotopic (exact) mass is 441 g/mol. The zero-order valence-corrected chi connectivity index (χ0v) is 18.4. The van der Waals surface area contributed by atoms with E-state index in [4.69, 9.17) is 4.74 Å². The van der Waals surface area contributed by atoms with Crippen LogP contribution in [0.1, 0.15) is 44.1 Å². The molecule has 164 valence electrons. The lowest BCUT2D eigenvalue weighted by Gasteiger charge is -2.30. The van der Waals surface area contributed by atoms with Crippen molar-refractivity contribution >= 4 is 27.5 Å². The third kappa shape index (κ3) is 4.74. The Morgan fingerprint density at radius 1 is 1.13 bits per heavy atom. The average molecular weight is 442 g/mol. The van der Waals surface area contributed by atoms with Crippen molar-refractivity contribution in [2.75, 3.05) is 12.4 Å². The molecule has 2 aromatic rings. The normalized spacial score (nSPS) is 18.4. The maximum atomic E-state index is 12.8. The van der Waals surface area contributed by atoms with Gasteiger partial charge in [-0.05, 0) is 36.5 Å². The maximum absolute atomic E-state index is 12.8. The van der Waals surface area contributed by atoms with E-state index in [1.807, 2.05) is 24.3 Å². The van der Waals surface area contributed by atoms with Gasteiger partial charge in [0.1, 0.15) is 16.5 Å². The van der Waals surface area contributed by atoms with Gasteiger partial charge in [-0.25, -0.2) is 0 Å². The van der Waals surface area contributed by atoms with Gasteiger partial charge >= 0.3 is 0 Å². The van der Waals surface area contributed by atoms with Gasteiger partial charge in [-0.2, -0.15) is 8.42 Å². The van der Waals surface area contributed by atoms with Gasteiger partial charge in [0.15, 0.2) is 0 Å². The summed E-state index contributed by atoms with van der Waals surface area (Å²) in [6.45, 7) is 0.389. The summed E-state index contributed by atoms with van der Waals surface area (Å²) in [6.07, 6.45) is 4.56. The molecule has 0 spiro atoms. The van der Waals surface area contributed by atoms with Crippen molar-refractivity contribution in [3.63, 3.8) is 0 Å². The third-order valence-electron chi connectivity index (χ3n) is 6.09. The summed E-state index contributed by atoms with van der Waals surface area (Å²) < 4.78 is 34.5. The topological polar surface area (TPSA) is 96.9 Å². The number of carbonyl (C=O) groups excluding carboxylic acids is 1. The molecule has 0 aromatic heterocycles. The second-order valence-electron chi connectivity index (χ2n) is 8.28. The van der Waals surface area contributed by atoms with E-state index in [0.29, 0.717) is 30.9 Å². The fraction of sp³-hybridized carbons (Fsp3) is 0.391. The highest BCUT2D eigenvalue weighted by molar-refractivity contribution is 7.90. The zero-order valence-electron chi connectivity index (χ0n) is 17.6. The number of amidine groups is 1. The minimum absolute atomic E-state index is 0.0486. The number of hydrogen-bond acceptors (Lipinski definition) is 5. The molecule has 2 N–H and O–H groups in total. The minimum atomic E-state index is -3.73. The molecular formula is C23H27N3O4S. The second kappa shape index (κ2) is 8.70. The molecule has 1 aliphatic heterocycles. The first-order valence-electron chi connectivity index (χ1n) is 10.5. The zero-order chi connectivity index (χ0) is 21.9. The van der Waals surface area contributed by atoms with Crippen molar-refractivity contribution in [1.82, 2.24) is 5.32 Å². The van der Waals surface area contributed by atoms with Gasteiger partial charge in [0.25, 0.3) is 10.0 Å². The number of sulfonamides is 1. The van der Waals surface area contributed by atoms with E-state index in [1.54, 1.807) is 31.4 Å². The lowest BCUT2D eigenvalue weighted by Crippen LogP contribution is -2.34. The lowest BCUT2D eigenvalue weighted by atomic mass is 9.78. The molecule has 2 aliphatic rings. The predicted octanol–water partition coefficient (Wildman–Crippen LogP) is 3.86. The van der Waals surface area contributed by atoms with Crippen LogP contribution in [0.4, 0.5) is 5.69 Å². The maximum Gasteiger partial charge on any atom is 0.286 e. The number of para-hydroxylation sites is 2. The summed E-state index contributed by atoms with van der Waals surface area (Å²) in [4.78, 5) is 13.0. The number of nitrogens with one attached hydrogen (secondary N) is 2. The van der Waals surface area contributed by atoms with Crippen LogP contribution >= 0.6 is 0 Å². The molecule has 8 heteroatoms. The number of hydrogen-bond donors (Lipinski definition) is 2. The minimum Gasteiger partial charge on any atom is -0.496 e. The summed E-state index contributed by atoms with van der Waals surface area (Å²) in [6, 6.07) is 14.4. The standard InChI is InChI=1S/C23H27N3O4S/c1-30-19-10-4-2-8-17(19)16-24-22(27)15-23(12-6-7-13-23)14-21-25-18-9-3-5-11-20(18)31(28,29)26-21/h2-5,8-11H,6-7,12-16H2,1H3,(H,24,27)(H,25,26). The van der Waals surface area contributed by atoms with Gasteiger partial charge in [-0.15, -0.1) is 4.40 Å². The molecule has 0 bridgehead atoms. The second-order valence-corrected chi connectivity index (χ2v) is 9.86. The number of carbonyl (C=O) groups is 1. The van der Waals surface area contributed by atoms with Crippen LogP contribution in [0.2, 0.25) is 0 Å². The molecule has 0 saturated heterocycles. The highest BCUT2D eigenvalue weighted by Crippen LogP contribution is 2.45. The number of rotatable bonds is 7. The van der Waals surface area contributed by atoms with E-state index in [0.717, 1.165) is 37.0 Å². The molecule has 0 unspecified atom stereocenters. The van der Waals surface area contributed by atoms with Crippen molar-refractivity contribution in [3.8, 4) is 5.75 Å². The summed E-state index contributed by atoms with van der Waals surface area (Å²) in [7, 11) is -2.12. The number of amides is 1. The summed E-state index contributed by atoms with van der Waals surface area (Å²) >= 11 is 0. The fourth-order valence-corrected chi connectivity index (χ4v) is 5.73. The largest absolute Gasteiger partial charge is 0.496 e. The smallest absolute Gasteiger partial charge is 0.286 e. The van der Waals surface area contributed by atoms with Gasteiger partial charge < -0.3 is 15.4 Å². The molecule has 1 heterocycles. The van der Waals surface area contributed by atoms with E-state index < -0.39 is 10.0 Å². The van der Waals surface area contributed by atoms with E-state index in [-0.39, 0.29) is 16.2 Å². The number of ether oxygens (including phenoxy) is 1. The van der Waals surface area contributed by atoms with Crippen LogP contribution in [0.3, 0.4) is 0 Å². The first kappa shape index (κ1) is 21.4. The van der Waals surface area contributed by atoms with Crippen LogP contribution in [-0.4, -0.2) is 27.3 Å². The van der Waals surface area contributed by atoms with Gasteiger partial charge in [0, 0.05) is 24.9 Å². The summed E-state index contributed by atoms with van der Waals surface area (Å²) in [5.74, 6) is 1.11. The van der Waals surface area contributed by atoms with Gasteiger partial charge in [-0.1, -0.05) is 43.2 Å². The van der Waals surface area contributed by atoms with E-state index >= 15 is 0 Å². The molecule has 1 fully saturated rings. The van der Waals surface area contributed by atoms with Crippen LogP contribution in [0.25, 0.3) is 0 Å². The number of benzene rings is 2. The Morgan fingerprint density at radius 2 is 1.84 bits per heavy atom. The predicted molar refractivity (Wildman–Crippen MR) is 120 cm³/mol. The van der Waals surface area contributed by atoms with E-state index in [2.05, 4.69) is 15.0 Å². The SMILES string of the molecule is COc1ccccc1CNC(=O)CC1(CC2=NS(=O)(=O)c3ccccc3N2)CCCC1. The Kier molecular flexibility index (Phi) is 6.00. The van der Waals surface area contributed by atoms with Crippen LogP contribution in [-0.2, 0) is 21.4 Å². The van der Waals surface area contributed by atoms with Crippen molar-refractivity contribution in [2.24, 2.45) is 9.81 Å². The molecule has 1 aliphatic carbocycles. The number of anilines is 1. The lowest BCUT2D eigenvalue weighted by molar-refractivity contribution is -0.123. The number of methoxy groups -OCH3 is 1. The first-order chi connectivity index (χ1) is 14.9. The molecule has 0 atom stereocenters. The quantitative estimate of drug-likeness (QED) is 0.680. The van der Waals surface area contributed by atoms with Crippen molar-refractivity contribution in [3.05, 3.63) is 54.1 Å². The number of fused-ring (bicyclic) bond motifs is 1. The Morgan fingerprint density at radius 3 is 2.61 bits per heavy atom. The highest BCUT2D eigenvalue weighted by atomic mass is 32.2. The van der Waals surface area contributed by atoms with Crippen molar-refractivity contribution < 1.29 is 17.9 Å². The van der Waals surface area contributed by atoms with Crippen LogP contribution < -0.4 is 15.4 Å². The van der Waals surface area contributed by atoms with Crippen LogP contribution in [0.5, 0.6) is 5.75 Å². The van der Waals surface area contributed by atoms with Gasteiger partial charge in [0.2, 0.25) is 5.91 Å². The third-order valence-corrected chi connectivity index (χ3v) is 7.46. The average Bonchev–Trinajstić information content (AvgIpc) is 3.19. The van der Waals surface area contributed by atoms with E-state index in [1.165, 1.54) is 0 Å². The molecule has 4 rings (SSSR count). The molecule has 1 amide bonds. The van der Waals surface area contributed by atoms with Gasteiger partial charge in [-0.3, -0.25) is 4.79 Å². The highest BCUT2D eigenvalue weighted by Gasteiger charge is 2.39. The molecule has 1 saturated carbocycles.